The van der Waals surface area contributed by atoms with Crippen molar-refractivity contribution in [2.45, 2.75) is 13.1 Å². The molecule has 0 spiro atoms. The highest BCUT2D eigenvalue weighted by atomic mass is 35.5. The molecule has 7 heteroatoms. The molecular weight excluding hydrogens is 335 g/mol. The molecule has 0 fully saturated rings. The summed E-state index contributed by atoms with van der Waals surface area (Å²) in [6.07, 6.45) is 0. The standard InChI is InChI=1S/C14H11Cl3N2O2/c15-12-5-6-13(16)14(17)11(12)8-18-7-9-1-3-10(4-2-9)19(20)21/h1-6,18H,7-8H2. The molecule has 21 heavy (non-hydrogen) atoms. The van der Waals surface area contributed by atoms with Crippen LogP contribution in [0.15, 0.2) is 36.4 Å². The minimum atomic E-state index is -0.428. The average molecular weight is 346 g/mol. The lowest BCUT2D eigenvalue weighted by atomic mass is 10.2. The number of nitro benzene ring substituents is 1. The van der Waals surface area contributed by atoms with Gasteiger partial charge < -0.3 is 5.32 Å². The lowest BCUT2D eigenvalue weighted by molar-refractivity contribution is -0.384. The van der Waals surface area contributed by atoms with Crippen molar-refractivity contribution < 1.29 is 4.92 Å². The topological polar surface area (TPSA) is 55.2 Å². The zero-order valence-electron chi connectivity index (χ0n) is 10.8. The van der Waals surface area contributed by atoms with Crippen molar-refractivity contribution >= 4 is 40.5 Å². The first-order chi connectivity index (χ1) is 9.99. The number of nitrogens with one attached hydrogen (secondary N) is 1. The molecule has 0 radical (unpaired) electrons. The molecule has 110 valence electrons. The number of rotatable bonds is 5. The molecule has 0 aliphatic heterocycles. The number of non-ortho nitro benzene ring substituents is 1. The van der Waals surface area contributed by atoms with Crippen molar-refractivity contribution in [1.82, 2.24) is 5.32 Å². The Morgan fingerprint density at radius 1 is 0.952 bits per heavy atom. The molecule has 0 aliphatic rings. The fourth-order valence-corrected chi connectivity index (χ4v) is 2.48. The van der Waals surface area contributed by atoms with Crippen LogP contribution in [0.4, 0.5) is 5.69 Å². The number of nitrogens with zero attached hydrogens (tertiary/aromatic N) is 1. The van der Waals surface area contributed by atoms with Crippen LogP contribution in [0.2, 0.25) is 15.1 Å². The van der Waals surface area contributed by atoms with E-state index in [1.165, 1.54) is 12.1 Å². The normalized spacial score (nSPS) is 10.6. The van der Waals surface area contributed by atoms with Crippen LogP contribution in [-0.4, -0.2) is 4.92 Å². The Kier molecular flexibility index (Phi) is 5.42. The van der Waals surface area contributed by atoms with E-state index < -0.39 is 4.92 Å². The molecular formula is C14H11Cl3N2O2. The highest BCUT2D eigenvalue weighted by molar-refractivity contribution is 6.44. The van der Waals surface area contributed by atoms with Crippen LogP contribution in [0.25, 0.3) is 0 Å². The van der Waals surface area contributed by atoms with E-state index in [9.17, 15) is 10.1 Å². The van der Waals surface area contributed by atoms with E-state index in [0.717, 1.165) is 11.1 Å². The first-order valence-electron chi connectivity index (χ1n) is 6.05. The third kappa shape index (κ3) is 4.08. The Bertz CT molecular complexity index is 660. The van der Waals surface area contributed by atoms with Gasteiger partial charge in [-0.25, -0.2) is 0 Å². The fraction of sp³-hybridized carbons (Fsp3) is 0.143. The van der Waals surface area contributed by atoms with E-state index in [1.54, 1.807) is 24.3 Å². The van der Waals surface area contributed by atoms with Gasteiger partial charge in [0.2, 0.25) is 0 Å². The quantitative estimate of drug-likeness (QED) is 0.479. The first-order valence-corrected chi connectivity index (χ1v) is 7.19. The maximum atomic E-state index is 10.6. The summed E-state index contributed by atoms with van der Waals surface area (Å²) in [5, 5.41) is 15.2. The zero-order valence-corrected chi connectivity index (χ0v) is 13.0. The van der Waals surface area contributed by atoms with Gasteiger partial charge in [0, 0.05) is 35.8 Å². The van der Waals surface area contributed by atoms with Crippen molar-refractivity contribution in [2.75, 3.05) is 0 Å². The summed E-state index contributed by atoms with van der Waals surface area (Å²) < 4.78 is 0. The summed E-state index contributed by atoms with van der Waals surface area (Å²) in [6, 6.07) is 9.68. The maximum Gasteiger partial charge on any atom is 0.269 e. The predicted molar refractivity (Wildman–Crippen MR) is 85.1 cm³/mol. The molecule has 0 aliphatic carbocycles. The summed E-state index contributed by atoms with van der Waals surface area (Å²) in [7, 11) is 0. The van der Waals surface area contributed by atoms with Crippen LogP contribution in [0.1, 0.15) is 11.1 Å². The second-order valence-corrected chi connectivity index (χ2v) is 5.54. The number of benzene rings is 2. The summed E-state index contributed by atoms with van der Waals surface area (Å²) >= 11 is 18.1. The van der Waals surface area contributed by atoms with Gasteiger partial charge >= 0.3 is 0 Å². The van der Waals surface area contributed by atoms with Crippen LogP contribution < -0.4 is 5.32 Å². The third-order valence-corrected chi connectivity index (χ3v) is 4.11. The zero-order chi connectivity index (χ0) is 15.4. The van der Waals surface area contributed by atoms with Gasteiger partial charge in [-0.1, -0.05) is 46.9 Å². The van der Waals surface area contributed by atoms with Crippen LogP contribution in [-0.2, 0) is 13.1 Å². The summed E-state index contributed by atoms with van der Waals surface area (Å²) in [6.45, 7) is 0.992. The second kappa shape index (κ2) is 7.09. The minimum absolute atomic E-state index is 0.0691. The van der Waals surface area contributed by atoms with E-state index in [4.69, 9.17) is 34.8 Å². The molecule has 0 atom stereocenters. The molecule has 0 saturated carbocycles. The van der Waals surface area contributed by atoms with Gasteiger partial charge in [0.25, 0.3) is 5.69 Å². The van der Waals surface area contributed by atoms with Crippen LogP contribution >= 0.6 is 34.8 Å². The highest BCUT2D eigenvalue weighted by Gasteiger charge is 2.09. The number of hydrogen-bond acceptors (Lipinski definition) is 3. The molecule has 0 saturated heterocycles. The lowest BCUT2D eigenvalue weighted by Crippen LogP contribution is -2.13. The third-order valence-electron chi connectivity index (χ3n) is 2.92. The largest absolute Gasteiger partial charge is 0.309 e. The predicted octanol–water partition coefficient (Wildman–Crippen LogP) is 4.84. The van der Waals surface area contributed by atoms with Gasteiger partial charge in [-0.05, 0) is 17.7 Å². The van der Waals surface area contributed by atoms with Gasteiger partial charge in [0.1, 0.15) is 0 Å². The molecule has 0 amide bonds. The molecule has 0 heterocycles. The molecule has 0 aromatic heterocycles. The van der Waals surface area contributed by atoms with Gasteiger partial charge in [-0.2, -0.15) is 0 Å². The molecule has 0 unspecified atom stereocenters. The van der Waals surface area contributed by atoms with E-state index >= 15 is 0 Å². The average Bonchev–Trinajstić information content (AvgIpc) is 2.47. The molecule has 2 rings (SSSR count). The van der Waals surface area contributed by atoms with Crippen molar-refractivity contribution in [2.24, 2.45) is 0 Å². The highest BCUT2D eigenvalue weighted by Crippen LogP contribution is 2.31. The van der Waals surface area contributed by atoms with Gasteiger partial charge in [-0.15, -0.1) is 0 Å². The molecule has 2 aromatic carbocycles. The first kappa shape index (κ1) is 16.0. The lowest BCUT2D eigenvalue weighted by Gasteiger charge is -2.10. The Balaban J connectivity index is 1.99. The fourth-order valence-electron chi connectivity index (χ4n) is 1.80. The Labute approximate surface area is 136 Å². The maximum absolute atomic E-state index is 10.6. The summed E-state index contributed by atoms with van der Waals surface area (Å²) in [4.78, 5) is 10.1. The van der Waals surface area contributed by atoms with E-state index in [-0.39, 0.29) is 5.69 Å². The second-order valence-electron chi connectivity index (χ2n) is 4.35. The number of nitro groups is 1. The van der Waals surface area contributed by atoms with Gasteiger partial charge in [0.05, 0.1) is 15.0 Å². The summed E-state index contributed by atoms with van der Waals surface area (Å²) in [5.74, 6) is 0. The van der Waals surface area contributed by atoms with E-state index in [2.05, 4.69) is 5.32 Å². The van der Waals surface area contributed by atoms with Crippen molar-refractivity contribution in [3.8, 4) is 0 Å². The molecule has 2 aromatic rings. The van der Waals surface area contributed by atoms with Crippen LogP contribution in [0.5, 0.6) is 0 Å². The smallest absolute Gasteiger partial charge is 0.269 e. The van der Waals surface area contributed by atoms with Crippen molar-refractivity contribution in [3.63, 3.8) is 0 Å². The SMILES string of the molecule is O=[N+]([O-])c1ccc(CNCc2c(Cl)ccc(Cl)c2Cl)cc1. The molecule has 4 nitrogen and oxygen atoms in total. The van der Waals surface area contributed by atoms with Crippen molar-refractivity contribution in [1.29, 1.82) is 0 Å². The monoisotopic (exact) mass is 344 g/mol. The van der Waals surface area contributed by atoms with Crippen LogP contribution in [0.3, 0.4) is 0 Å². The van der Waals surface area contributed by atoms with Crippen LogP contribution in [0, 0.1) is 10.1 Å². The van der Waals surface area contributed by atoms with Gasteiger partial charge in [-0.3, -0.25) is 10.1 Å². The van der Waals surface area contributed by atoms with E-state index in [1.807, 2.05) is 0 Å². The number of hydrogen-bond donors (Lipinski definition) is 1. The molecule has 0 bridgehead atoms. The van der Waals surface area contributed by atoms with Gasteiger partial charge in [0.15, 0.2) is 0 Å². The Hall–Kier alpha value is -1.33. The molecule has 1 N–H and O–H groups in total. The Morgan fingerprint density at radius 2 is 1.57 bits per heavy atom. The van der Waals surface area contributed by atoms with E-state index in [0.29, 0.717) is 28.2 Å². The van der Waals surface area contributed by atoms with Crippen molar-refractivity contribution in [3.05, 3.63) is 72.7 Å². The number of halogens is 3. The summed E-state index contributed by atoms with van der Waals surface area (Å²) in [5.41, 5.74) is 1.72. The minimum Gasteiger partial charge on any atom is -0.309 e. The Morgan fingerprint density at radius 3 is 2.19 bits per heavy atom.